The van der Waals surface area contributed by atoms with Crippen molar-refractivity contribution in [3.05, 3.63) is 76.5 Å². The number of benzene rings is 2. The molecule has 2 atom stereocenters. The number of methoxy groups -OCH3 is 2. The summed E-state index contributed by atoms with van der Waals surface area (Å²) in [5.74, 6) is -2.77. The Morgan fingerprint density at radius 2 is 1.94 bits per heavy atom. The van der Waals surface area contributed by atoms with Crippen LogP contribution in [-0.2, 0) is 20.7 Å². The van der Waals surface area contributed by atoms with E-state index in [0.29, 0.717) is 5.56 Å². The second-order valence-corrected chi connectivity index (χ2v) is 8.57. The summed E-state index contributed by atoms with van der Waals surface area (Å²) in [6.07, 6.45) is 0.0186. The van der Waals surface area contributed by atoms with Crippen molar-refractivity contribution in [2.45, 2.75) is 18.5 Å². The standard InChI is InChI=1S/C24H21FN4O6S/c1-34-18-9-8-14(11-15(18)25)19-21(31)29(24(33)27-19)17(10-13-6-4-3-5-7-13)20(30)28-23-26-16(12-36-23)22(32)35-2/h3-9,11-12,17,19H,10H2,1-2H3,(H,27,33)(H,26,28,30)/t17-,19?/m0/s1. The number of halogens is 1. The molecule has 2 aromatic carbocycles. The molecule has 2 N–H and O–H groups in total. The second-order valence-electron chi connectivity index (χ2n) is 7.71. The molecule has 186 valence electrons. The lowest BCUT2D eigenvalue weighted by Gasteiger charge is -2.24. The van der Waals surface area contributed by atoms with E-state index < -0.39 is 41.7 Å². The molecule has 1 unspecified atom stereocenters. The molecule has 0 aliphatic carbocycles. The summed E-state index contributed by atoms with van der Waals surface area (Å²) in [4.78, 5) is 56.1. The first-order valence-corrected chi connectivity index (χ1v) is 11.6. The molecule has 1 aliphatic heterocycles. The summed E-state index contributed by atoms with van der Waals surface area (Å²) in [5.41, 5.74) is 0.913. The zero-order chi connectivity index (χ0) is 25.8. The van der Waals surface area contributed by atoms with Gasteiger partial charge in [0, 0.05) is 11.8 Å². The Morgan fingerprint density at radius 1 is 1.19 bits per heavy atom. The number of anilines is 1. The number of hydrogen-bond acceptors (Lipinski definition) is 8. The summed E-state index contributed by atoms with van der Waals surface area (Å²) in [7, 11) is 2.52. The largest absolute Gasteiger partial charge is 0.494 e. The number of nitrogens with one attached hydrogen (secondary N) is 2. The lowest BCUT2D eigenvalue weighted by molar-refractivity contribution is -0.134. The number of urea groups is 1. The monoisotopic (exact) mass is 512 g/mol. The number of carbonyl (C=O) groups excluding carboxylic acids is 4. The minimum Gasteiger partial charge on any atom is -0.494 e. The molecule has 4 amide bonds. The van der Waals surface area contributed by atoms with Crippen LogP contribution < -0.4 is 15.4 Å². The molecule has 0 bridgehead atoms. The summed E-state index contributed by atoms with van der Waals surface area (Å²) in [6, 6.07) is 9.52. The van der Waals surface area contributed by atoms with Gasteiger partial charge in [0.05, 0.1) is 14.2 Å². The molecule has 10 nitrogen and oxygen atoms in total. The Bertz CT molecular complexity index is 1310. The highest BCUT2D eigenvalue weighted by molar-refractivity contribution is 7.14. The highest BCUT2D eigenvalue weighted by Crippen LogP contribution is 2.29. The summed E-state index contributed by atoms with van der Waals surface area (Å²) >= 11 is 0.990. The van der Waals surface area contributed by atoms with Crippen LogP contribution in [0.25, 0.3) is 0 Å². The van der Waals surface area contributed by atoms with Gasteiger partial charge in [0.25, 0.3) is 5.91 Å². The topological polar surface area (TPSA) is 127 Å². The summed E-state index contributed by atoms with van der Waals surface area (Å²) in [5, 5.41) is 6.60. The fourth-order valence-corrected chi connectivity index (χ4v) is 4.42. The van der Waals surface area contributed by atoms with Crippen molar-refractivity contribution in [3.63, 3.8) is 0 Å². The van der Waals surface area contributed by atoms with Gasteiger partial charge in [-0.3, -0.25) is 9.59 Å². The molecular formula is C24H21FN4O6S. The van der Waals surface area contributed by atoms with Crippen molar-refractivity contribution in [1.29, 1.82) is 0 Å². The normalized spacial score (nSPS) is 15.9. The van der Waals surface area contributed by atoms with Gasteiger partial charge in [0.15, 0.2) is 22.4 Å². The average Bonchev–Trinajstić information content (AvgIpc) is 3.46. The van der Waals surface area contributed by atoms with Gasteiger partial charge in [-0.1, -0.05) is 36.4 Å². The number of rotatable bonds is 8. The molecule has 2 heterocycles. The van der Waals surface area contributed by atoms with Crippen molar-refractivity contribution >= 4 is 40.3 Å². The number of amides is 4. The summed E-state index contributed by atoms with van der Waals surface area (Å²) in [6.45, 7) is 0. The van der Waals surface area contributed by atoms with Gasteiger partial charge in [0.2, 0.25) is 5.91 Å². The van der Waals surface area contributed by atoms with Crippen LogP contribution in [0.15, 0.2) is 53.9 Å². The van der Waals surface area contributed by atoms with E-state index in [9.17, 15) is 23.6 Å². The van der Waals surface area contributed by atoms with Crippen LogP contribution in [0.4, 0.5) is 14.3 Å². The van der Waals surface area contributed by atoms with E-state index >= 15 is 0 Å². The zero-order valence-electron chi connectivity index (χ0n) is 19.2. The van der Waals surface area contributed by atoms with Gasteiger partial charge in [-0.15, -0.1) is 11.3 Å². The predicted octanol–water partition coefficient (Wildman–Crippen LogP) is 2.92. The Morgan fingerprint density at radius 3 is 2.61 bits per heavy atom. The predicted molar refractivity (Wildman–Crippen MR) is 127 cm³/mol. The van der Waals surface area contributed by atoms with Crippen LogP contribution >= 0.6 is 11.3 Å². The van der Waals surface area contributed by atoms with Crippen molar-refractivity contribution in [2.75, 3.05) is 19.5 Å². The number of imide groups is 1. The SMILES string of the molecule is COC(=O)c1csc(NC(=O)[C@H](Cc2ccccc2)N2C(=O)NC(c3ccc(OC)c(F)c3)C2=O)n1. The van der Waals surface area contributed by atoms with Gasteiger partial charge < -0.3 is 20.1 Å². The van der Waals surface area contributed by atoms with Crippen LogP contribution in [0.3, 0.4) is 0 Å². The number of ether oxygens (including phenoxy) is 2. The fourth-order valence-electron chi connectivity index (χ4n) is 3.73. The van der Waals surface area contributed by atoms with Gasteiger partial charge >= 0.3 is 12.0 Å². The molecule has 0 radical (unpaired) electrons. The molecule has 1 fully saturated rings. The number of nitrogens with zero attached hydrogens (tertiary/aromatic N) is 2. The highest BCUT2D eigenvalue weighted by Gasteiger charge is 2.45. The molecule has 1 aromatic heterocycles. The maximum Gasteiger partial charge on any atom is 0.357 e. The Hall–Kier alpha value is -4.32. The minimum atomic E-state index is -1.25. The Labute approximate surface area is 209 Å². The Kier molecular flexibility index (Phi) is 7.25. The van der Waals surface area contributed by atoms with Gasteiger partial charge in [-0.25, -0.2) is 23.9 Å². The molecule has 0 spiro atoms. The molecule has 3 aromatic rings. The fraction of sp³-hybridized carbons (Fsp3) is 0.208. The summed E-state index contributed by atoms with van der Waals surface area (Å²) < 4.78 is 23.8. The number of hydrogen-bond donors (Lipinski definition) is 2. The molecule has 1 saturated heterocycles. The lowest BCUT2D eigenvalue weighted by atomic mass is 10.0. The van der Waals surface area contributed by atoms with Crippen molar-refractivity contribution in [1.82, 2.24) is 15.2 Å². The first kappa shape index (κ1) is 24.8. The van der Waals surface area contributed by atoms with E-state index in [1.165, 1.54) is 31.7 Å². The molecule has 12 heteroatoms. The van der Waals surface area contributed by atoms with Crippen LogP contribution in [0.1, 0.15) is 27.7 Å². The van der Waals surface area contributed by atoms with Gasteiger partial charge in [-0.2, -0.15) is 0 Å². The number of carbonyl (C=O) groups is 4. The molecular weight excluding hydrogens is 491 g/mol. The van der Waals surface area contributed by atoms with E-state index in [-0.39, 0.29) is 28.6 Å². The van der Waals surface area contributed by atoms with Crippen LogP contribution in [-0.4, -0.2) is 54.0 Å². The molecule has 4 rings (SSSR count). The maximum atomic E-state index is 14.3. The average molecular weight is 513 g/mol. The lowest BCUT2D eigenvalue weighted by Crippen LogP contribution is -2.49. The number of esters is 1. The third kappa shape index (κ3) is 5.03. The zero-order valence-corrected chi connectivity index (χ0v) is 20.0. The quantitative estimate of drug-likeness (QED) is 0.351. The smallest absolute Gasteiger partial charge is 0.357 e. The second kappa shape index (κ2) is 10.5. The first-order valence-electron chi connectivity index (χ1n) is 10.7. The van der Waals surface area contributed by atoms with E-state index in [1.807, 2.05) is 0 Å². The van der Waals surface area contributed by atoms with Crippen LogP contribution in [0, 0.1) is 5.82 Å². The number of thiazole rings is 1. The van der Waals surface area contributed by atoms with Crippen LogP contribution in [0.5, 0.6) is 5.75 Å². The van der Waals surface area contributed by atoms with E-state index in [1.54, 1.807) is 30.3 Å². The minimum absolute atomic E-state index is 0.00833. The van der Waals surface area contributed by atoms with Crippen molar-refractivity contribution in [2.24, 2.45) is 0 Å². The third-order valence-corrected chi connectivity index (χ3v) is 6.25. The van der Waals surface area contributed by atoms with E-state index in [0.717, 1.165) is 22.3 Å². The first-order chi connectivity index (χ1) is 17.3. The van der Waals surface area contributed by atoms with Crippen molar-refractivity contribution < 1.29 is 33.0 Å². The molecule has 0 saturated carbocycles. The molecule has 36 heavy (non-hydrogen) atoms. The third-order valence-electron chi connectivity index (χ3n) is 5.50. The highest BCUT2D eigenvalue weighted by atomic mass is 32.1. The Balaban J connectivity index is 1.62. The maximum absolute atomic E-state index is 14.3. The van der Waals surface area contributed by atoms with E-state index in [4.69, 9.17) is 4.74 Å². The van der Waals surface area contributed by atoms with Gasteiger partial charge in [0.1, 0.15) is 12.1 Å². The van der Waals surface area contributed by atoms with Gasteiger partial charge in [-0.05, 0) is 23.3 Å². The van der Waals surface area contributed by atoms with Crippen LogP contribution in [0.2, 0.25) is 0 Å². The van der Waals surface area contributed by atoms with E-state index in [2.05, 4.69) is 20.4 Å². The molecule has 1 aliphatic rings. The van der Waals surface area contributed by atoms with Crippen molar-refractivity contribution in [3.8, 4) is 5.75 Å². The number of aromatic nitrogens is 1.